The van der Waals surface area contributed by atoms with Crippen LogP contribution in [0.2, 0.25) is 0 Å². The largest absolute Gasteiger partial charge is 0.494 e. The second-order valence-electron chi connectivity index (χ2n) is 4.48. The summed E-state index contributed by atoms with van der Waals surface area (Å²) in [7, 11) is 0. The summed E-state index contributed by atoms with van der Waals surface area (Å²) < 4.78 is 5.33. The van der Waals surface area contributed by atoms with Crippen molar-refractivity contribution in [3.05, 3.63) is 34.7 Å². The van der Waals surface area contributed by atoms with Gasteiger partial charge in [0, 0.05) is 6.54 Å². The molecule has 2 rings (SSSR count). The van der Waals surface area contributed by atoms with Crippen LogP contribution in [0.4, 0.5) is 4.79 Å². The van der Waals surface area contributed by atoms with Gasteiger partial charge in [0.1, 0.15) is 5.75 Å². The van der Waals surface area contributed by atoms with Crippen molar-refractivity contribution in [2.75, 3.05) is 13.2 Å². The van der Waals surface area contributed by atoms with Gasteiger partial charge < -0.3 is 9.84 Å². The quantitative estimate of drug-likeness (QED) is 0.811. The molecule has 0 atom stereocenters. The minimum Gasteiger partial charge on any atom is -0.494 e. The Kier molecular flexibility index (Phi) is 5.21. The number of ether oxygens (including phenoxy) is 1. The van der Waals surface area contributed by atoms with Crippen molar-refractivity contribution in [2.45, 2.75) is 13.3 Å². The van der Waals surface area contributed by atoms with Gasteiger partial charge in [-0.2, -0.15) is 0 Å². The molecule has 0 radical (unpaired) electrons. The second-order valence-corrected chi connectivity index (χ2v) is 5.47. The zero-order valence-electron chi connectivity index (χ0n) is 11.9. The van der Waals surface area contributed by atoms with E-state index >= 15 is 0 Å². The van der Waals surface area contributed by atoms with Crippen molar-refractivity contribution in [1.29, 1.82) is 0 Å². The molecule has 0 spiro atoms. The van der Waals surface area contributed by atoms with E-state index in [-0.39, 0.29) is 13.0 Å². The molecule has 0 unspecified atom stereocenters. The summed E-state index contributed by atoms with van der Waals surface area (Å²) in [6.07, 6.45) is 1.36. The van der Waals surface area contributed by atoms with Crippen molar-refractivity contribution in [3.63, 3.8) is 0 Å². The number of carbonyl (C=O) groups excluding carboxylic acids is 2. The Morgan fingerprint density at radius 1 is 1.32 bits per heavy atom. The minimum atomic E-state index is -1.05. The van der Waals surface area contributed by atoms with Crippen LogP contribution < -0.4 is 4.74 Å². The number of aliphatic carboxylic acids is 1. The molecule has 1 heterocycles. The monoisotopic (exact) mass is 321 g/mol. The molecule has 22 heavy (non-hydrogen) atoms. The van der Waals surface area contributed by atoms with Crippen LogP contribution >= 0.6 is 11.8 Å². The van der Waals surface area contributed by atoms with Crippen LogP contribution in [0.15, 0.2) is 29.2 Å². The van der Waals surface area contributed by atoms with Gasteiger partial charge in [-0.1, -0.05) is 12.1 Å². The lowest BCUT2D eigenvalue weighted by atomic mass is 10.2. The Morgan fingerprint density at radius 2 is 2.00 bits per heavy atom. The number of carboxylic acid groups (broad SMARTS) is 1. The first-order valence-corrected chi connectivity index (χ1v) is 7.53. The first kappa shape index (κ1) is 16.1. The van der Waals surface area contributed by atoms with E-state index in [1.54, 1.807) is 30.3 Å². The van der Waals surface area contributed by atoms with Crippen LogP contribution in [0, 0.1) is 0 Å². The molecule has 1 aromatic carbocycles. The Hall–Kier alpha value is -2.28. The highest BCUT2D eigenvalue weighted by Gasteiger charge is 2.34. The molecule has 116 valence electrons. The number of nitrogens with zero attached hydrogens (tertiary/aromatic N) is 1. The highest BCUT2D eigenvalue weighted by atomic mass is 32.2. The SMILES string of the molecule is CCOc1ccc(C=C2SC(=O)N(CCC(=O)O)C2=O)cc1. The Bertz CT molecular complexity index is 623. The third-order valence-corrected chi connectivity index (χ3v) is 3.82. The Morgan fingerprint density at radius 3 is 2.59 bits per heavy atom. The van der Waals surface area contributed by atoms with Crippen molar-refractivity contribution < 1.29 is 24.2 Å². The molecule has 1 N–H and O–H groups in total. The number of hydrogen-bond donors (Lipinski definition) is 1. The number of benzene rings is 1. The lowest BCUT2D eigenvalue weighted by Crippen LogP contribution is -2.30. The number of amides is 2. The summed E-state index contributed by atoms with van der Waals surface area (Å²) in [5, 5.41) is 8.19. The van der Waals surface area contributed by atoms with Gasteiger partial charge in [0.2, 0.25) is 0 Å². The van der Waals surface area contributed by atoms with E-state index < -0.39 is 17.1 Å². The molecule has 1 saturated heterocycles. The van der Waals surface area contributed by atoms with Gasteiger partial charge in [-0.15, -0.1) is 0 Å². The molecule has 1 aromatic rings. The fourth-order valence-electron chi connectivity index (χ4n) is 1.88. The van der Waals surface area contributed by atoms with E-state index in [4.69, 9.17) is 9.84 Å². The zero-order valence-corrected chi connectivity index (χ0v) is 12.8. The van der Waals surface area contributed by atoms with Gasteiger partial charge in [-0.25, -0.2) is 0 Å². The topological polar surface area (TPSA) is 83.9 Å². The Balaban J connectivity index is 2.10. The smallest absolute Gasteiger partial charge is 0.305 e. The number of rotatable bonds is 6. The zero-order chi connectivity index (χ0) is 16.1. The summed E-state index contributed by atoms with van der Waals surface area (Å²) in [6, 6.07) is 7.14. The maximum atomic E-state index is 12.1. The highest BCUT2D eigenvalue weighted by Crippen LogP contribution is 2.32. The van der Waals surface area contributed by atoms with Gasteiger partial charge >= 0.3 is 5.97 Å². The number of carbonyl (C=O) groups is 3. The number of imide groups is 1. The summed E-state index contributed by atoms with van der Waals surface area (Å²) in [6.45, 7) is 2.35. The Labute approximate surface area is 131 Å². The van der Waals surface area contributed by atoms with Crippen LogP contribution in [-0.2, 0) is 9.59 Å². The third-order valence-electron chi connectivity index (χ3n) is 2.91. The van der Waals surface area contributed by atoms with Gasteiger partial charge in [-0.3, -0.25) is 19.3 Å². The predicted molar refractivity (Wildman–Crippen MR) is 82.5 cm³/mol. The third kappa shape index (κ3) is 3.88. The van der Waals surface area contributed by atoms with E-state index in [0.29, 0.717) is 11.5 Å². The van der Waals surface area contributed by atoms with Crippen LogP contribution in [0.3, 0.4) is 0 Å². The molecule has 0 saturated carbocycles. The minimum absolute atomic E-state index is 0.110. The van der Waals surface area contributed by atoms with Crippen LogP contribution in [-0.4, -0.2) is 40.3 Å². The molecule has 0 bridgehead atoms. The fourth-order valence-corrected chi connectivity index (χ4v) is 2.74. The summed E-state index contributed by atoms with van der Waals surface area (Å²) in [5.41, 5.74) is 0.771. The second kappa shape index (κ2) is 7.13. The normalized spacial score (nSPS) is 16.4. The van der Waals surface area contributed by atoms with E-state index in [1.165, 1.54) is 0 Å². The molecular weight excluding hydrogens is 306 g/mol. The average Bonchev–Trinajstić information content (AvgIpc) is 2.73. The molecule has 6 nitrogen and oxygen atoms in total. The number of carboxylic acids is 1. The maximum absolute atomic E-state index is 12.1. The predicted octanol–water partition coefficient (Wildman–Crippen LogP) is 2.60. The summed E-state index contributed by atoms with van der Waals surface area (Å²) >= 11 is 0.817. The molecule has 1 aliphatic rings. The first-order valence-electron chi connectivity index (χ1n) is 6.71. The van der Waals surface area contributed by atoms with Gasteiger partial charge in [0.15, 0.2) is 0 Å². The van der Waals surface area contributed by atoms with Gasteiger partial charge in [0.25, 0.3) is 11.1 Å². The van der Waals surface area contributed by atoms with Crippen molar-refractivity contribution in [3.8, 4) is 5.75 Å². The van der Waals surface area contributed by atoms with Gasteiger partial charge in [0.05, 0.1) is 17.9 Å². The molecular formula is C15H15NO5S. The lowest BCUT2D eigenvalue weighted by molar-refractivity contribution is -0.137. The first-order chi connectivity index (χ1) is 10.5. The summed E-state index contributed by atoms with van der Waals surface area (Å²) in [5.74, 6) is -0.770. The van der Waals surface area contributed by atoms with Gasteiger partial charge in [-0.05, 0) is 42.5 Å². The van der Waals surface area contributed by atoms with E-state index in [2.05, 4.69) is 0 Å². The van der Waals surface area contributed by atoms with Crippen LogP contribution in [0.25, 0.3) is 6.08 Å². The fraction of sp³-hybridized carbons (Fsp3) is 0.267. The van der Waals surface area contributed by atoms with Crippen molar-refractivity contribution in [2.24, 2.45) is 0 Å². The van der Waals surface area contributed by atoms with Crippen LogP contribution in [0.5, 0.6) is 5.75 Å². The molecule has 7 heteroatoms. The number of hydrogen-bond acceptors (Lipinski definition) is 5. The van der Waals surface area contributed by atoms with Crippen LogP contribution in [0.1, 0.15) is 18.9 Å². The average molecular weight is 321 g/mol. The molecule has 0 aliphatic carbocycles. The maximum Gasteiger partial charge on any atom is 0.305 e. The molecule has 0 aromatic heterocycles. The number of thioether (sulfide) groups is 1. The lowest BCUT2D eigenvalue weighted by Gasteiger charge is -2.09. The summed E-state index contributed by atoms with van der Waals surface area (Å²) in [4.78, 5) is 35.6. The molecule has 2 amide bonds. The van der Waals surface area contributed by atoms with Crippen molar-refractivity contribution in [1.82, 2.24) is 4.90 Å². The molecule has 1 aliphatic heterocycles. The van der Waals surface area contributed by atoms with Crippen molar-refractivity contribution >= 4 is 35.0 Å². The van der Waals surface area contributed by atoms with E-state index in [1.807, 2.05) is 6.92 Å². The highest BCUT2D eigenvalue weighted by molar-refractivity contribution is 8.18. The van der Waals surface area contributed by atoms with E-state index in [9.17, 15) is 14.4 Å². The van der Waals surface area contributed by atoms with E-state index in [0.717, 1.165) is 28.0 Å². The standard InChI is InChI=1S/C15H15NO5S/c1-2-21-11-5-3-10(4-6-11)9-12-14(19)16(15(20)22-12)8-7-13(17)18/h3-6,9H,2,7-8H2,1H3,(H,17,18). The molecule has 1 fully saturated rings.